The molecular weight excluding hydrogens is 414 g/mol. The van der Waals surface area contributed by atoms with Crippen LogP contribution < -0.4 is 0 Å². The Morgan fingerprint density at radius 1 is 1.03 bits per heavy atom. The predicted molar refractivity (Wildman–Crippen MR) is 114 cm³/mol. The number of halogens is 3. The van der Waals surface area contributed by atoms with Crippen LogP contribution >= 0.6 is 23.4 Å². The Labute approximate surface area is 177 Å². The molecule has 1 saturated carbocycles. The number of amidine groups is 1. The number of para-hydroxylation sites is 1. The molecule has 0 atom stereocenters. The number of carbonyl (C=O) groups is 1. The van der Waals surface area contributed by atoms with E-state index in [0.717, 1.165) is 43.9 Å². The molecule has 0 bridgehead atoms. The van der Waals surface area contributed by atoms with Crippen LogP contribution in [-0.4, -0.2) is 22.0 Å². The first-order valence-electron chi connectivity index (χ1n) is 9.55. The van der Waals surface area contributed by atoms with Crippen molar-refractivity contribution in [3.05, 3.63) is 69.6 Å². The van der Waals surface area contributed by atoms with Gasteiger partial charge in [-0.2, -0.15) is 0 Å². The highest BCUT2D eigenvalue weighted by molar-refractivity contribution is 8.18. The zero-order valence-electron chi connectivity index (χ0n) is 15.6. The van der Waals surface area contributed by atoms with Crippen LogP contribution in [0.25, 0.3) is 6.08 Å². The lowest BCUT2D eigenvalue weighted by atomic mass is 9.94. The minimum Gasteiger partial charge on any atom is -0.283 e. The molecule has 0 N–H and O–H groups in total. The molecule has 1 saturated heterocycles. The third-order valence-corrected chi connectivity index (χ3v) is 6.43. The first kappa shape index (κ1) is 20.1. The average molecular weight is 433 g/mol. The van der Waals surface area contributed by atoms with E-state index < -0.39 is 11.6 Å². The van der Waals surface area contributed by atoms with E-state index in [1.54, 1.807) is 29.2 Å². The summed E-state index contributed by atoms with van der Waals surface area (Å²) in [6.07, 6.45) is 6.41. The number of carbonyl (C=O) groups excluding carboxylic acids is 1. The van der Waals surface area contributed by atoms with Crippen LogP contribution in [0.15, 0.2) is 52.4 Å². The van der Waals surface area contributed by atoms with Gasteiger partial charge in [0.2, 0.25) is 0 Å². The Kier molecular flexibility index (Phi) is 6.01. The Hall–Kier alpha value is -2.18. The molecule has 2 aromatic carbocycles. The largest absolute Gasteiger partial charge is 0.283 e. The Balaban J connectivity index is 1.76. The maximum atomic E-state index is 14.2. The molecular formula is C22H19ClF2N2OS. The van der Waals surface area contributed by atoms with Crippen molar-refractivity contribution in [2.24, 2.45) is 4.99 Å². The van der Waals surface area contributed by atoms with Crippen molar-refractivity contribution in [3.63, 3.8) is 0 Å². The van der Waals surface area contributed by atoms with E-state index in [4.69, 9.17) is 11.6 Å². The van der Waals surface area contributed by atoms with E-state index in [9.17, 15) is 13.6 Å². The standard InChI is InChI=1S/C22H19ClF2N2OS/c23-16-9-6-11-17(24)15(16)13-20-21(28)27(14-7-2-1-3-8-14)22(29-20)26-19-12-5-4-10-18(19)25/h4-6,9-14H,1-3,7-8H2/b20-13-,26-22?. The van der Waals surface area contributed by atoms with Gasteiger partial charge in [-0.1, -0.05) is 49.1 Å². The molecule has 1 aliphatic carbocycles. The van der Waals surface area contributed by atoms with Gasteiger partial charge in [-0.3, -0.25) is 9.69 Å². The molecule has 3 nitrogen and oxygen atoms in total. The fraction of sp³-hybridized carbons (Fsp3) is 0.273. The molecule has 0 aromatic heterocycles. The van der Waals surface area contributed by atoms with Crippen molar-refractivity contribution < 1.29 is 13.6 Å². The summed E-state index contributed by atoms with van der Waals surface area (Å²) in [7, 11) is 0. The average Bonchev–Trinajstić information content (AvgIpc) is 3.02. The summed E-state index contributed by atoms with van der Waals surface area (Å²) in [5.74, 6) is -1.19. The third-order valence-electron chi connectivity index (χ3n) is 5.12. The minimum atomic E-state index is -0.498. The fourth-order valence-corrected chi connectivity index (χ4v) is 4.90. The van der Waals surface area contributed by atoms with Crippen molar-refractivity contribution in [2.75, 3.05) is 0 Å². The first-order chi connectivity index (χ1) is 14.0. The topological polar surface area (TPSA) is 32.7 Å². The molecule has 2 aromatic rings. The van der Waals surface area contributed by atoms with E-state index in [1.807, 2.05) is 0 Å². The summed E-state index contributed by atoms with van der Waals surface area (Å²) >= 11 is 7.26. The molecule has 7 heteroatoms. The van der Waals surface area contributed by atoms with Gasteiger partial charge in [0.1, 0.15) is 17.3 Å². The number of nitrogens with zero attached hydrogens (tertiary/aromatic N) is 2. The molecule has 1 amide bonds. The van der Waals surface area contributed by atoms with Crippen molar-refractivity contribution >= 4 is 46.2 Å². The number of amides is 1. The van der Waals surface area contributed by atoms with Crippen molar-refractivity contribution in [1.82, 2.24) is 4.90 Å². The van der Waals surface area contributed by atoms with Gasteiger partial charge in [0.05, 0.1) is 9.93 Å². The van der Waals surface area contributed by atoms with Gasteiger partial charge in [0, 0.05) is 11.6 Å². The van der Waals surface area contributed by atoms with Gasteiger partial charge in [-0.05, 0) is 54.9 Å². The second-order valence-corrected chi connectivity index (χ2v) is 8.48. The van der Waals surface area contributed by atoms with Crippen molar-refractivity contribution in [1.29, 1.82) is 0 Å². The number of thioether (sulfide) groups is 1. The van der Waals surface area contributed by atoms with Crippen LogP contribution in [0.3, 0.4) is 0 Å². The SMILES string of the molecule is O=C1/C(=C/c2c(F)cccc2Cl)SC(=Nc2ccccc2F)N1C1CCCCC1. The van der Waals surface area contributed by atoms with Crippen LogP contribution in [0.1, 0.15) is 37.7 Å². The van der Waals surface area contributed by atoms with E-state index in [2.05, 4.69) is 4.99 Å². The molecule has 0 spiro atoms. The van der Waals surface area contributed by atoms with E-state index >= 15 is 0 Å². The normalized spacial score (nSPS) is 20.8. The Bertz CT molecular complexity index is 982. The van der Waals surface area contributed by atoms with Gasteiger partial charge >= 0.3 is 0 Å². The maximum Gasteiger partial charge on any atom is 0.267 e. The number of hydrogen-bond donors (Lipinski definition) is 0. The summed E-state index contributed by atoms with van der Waals surface area (Å²) in [5, 5.41) is 0.653. The molecule has 2 aliphatic rings. The molecule has 0 unspecified atom stereocenters. The number of benzene rings is 2. The molecule has 1 aliphatic heterocycles. The Morgan fingerprint density at radius 2 is 1.76 bits per heavy atom. The van der Waals surface area contributed by atoms with E-state index in [0.29, 0.717) is 10.1 Å². The highest BCUT2D eigenvalue weighted by Gasteiger charge is 2.39. The monoisotopic (exact) mass is 432 g/mol. The molecule has 0 radical (unpaired) electrons. The van der Waals surface area contributed by atoms with Gasteiger partial charge in [-0.25, -0.2) is 13.8 Å². The summed E-state index contributed by atoms with van der Waals surface area (Å²) in [4.78, 5) is 19.6. The summed E-state index contributed by atoms with van der Waals surface area (Å²) < 4.78 is 28.4. The summed E-state index contributed by atoms with van der Waals surface area (Å²) in [6.45, 7) is 0. The Morgan fingerprint density at radius 3 is 2.48 bits per heavy atom. The van der Waals surface area contributed by atoms with Crippen molar-refractivity contribution in [2.45, 2.75) is 38.1 Å². The van der Waals surface area contributed by atoms with Gasteiger partial charge in [0.25, 0.3) is 5.91 Å². The van der Waals surface area contributed by atoms with Gasteiger partial charge in [0.15, 0.2) is 5.17 Å². The lowest BCUT2D eigenvalue weighted by molar-refractivity contribution is -0.124. The number of aliphatic imine (C=N–C) groups is 1. The zero-order chi connectivity index (χ0) is 20.4. The fourth-order valence-electron chi connectivity index (χ4n) is 3.65. The first-order valence-corrected chi connectivity index (χ1v) is 10.7. The highest BCUT2D eigenvalue weighted by atomic mass is 35.5. The van der Waals surface area contributed by atoms with Gasteiger partial charge in [-0.15, -0.1) is 0 Å². The van der Waals surface area contributed by atoms with E-state index in [-0.39, 0.29) is 28.2 Å². The molecule has 4 rings (SSSR count). The van der Waals surface area contributed by atoms with Gasteiger partial charge < -0.3 is 0 Å². The lowest BCUT2D eigenvalue weighted by Gasteiger charge is -2.30. The quantitative estimate of drug-likeness (QED) is 0.515. The van der Waals surface area contributed by atoms with Crippen LogP contribution in [0.4, 0.5) is 14.5 Å². The second-order valence-electron chi connectivity index (χ2n) is 7.06. The predicted octanol–water partition coefficient (Wildman–Crippen LogP) is 6.55. The summed E-state index contributed by atoms with van der Waals surface area (Å²) in [5.41, 5.74) is 0.342. The second kappa shape index (κ2) is 8.67. The lowest BCUT2D eigenvalue weighted by Crippen LogP contribution is -2.40. The minimum absolute atomic E-state index is 0.0104. The number of rotatable bonds is 3. The molecule has 29 heavy (non-hydrogen) atoms. The van der Waals surface area contributed by atoms with Crippen LogP contribution in [-0.2, 0) is 4.79 Å². The molecule has 150 valence electrons. The van der Waals surface area contributed by atoms with E-state index in [1.165, 1.54) is 24.3 Å². The molecule has 2 fully saturated rings. The highest BCUT2D eigenvalue weighted by Crippen LogP contribution is 2.39. The summed E-state index contributed by atoms with van der Waals surface area (Å²) in [6, 6.07) is 10.6. The number of hydrogen-bond acceptors (Lipinski definition) is 3. The third kappa shape index (κ3) is 4.23. The van der Waals surface area contributed by atoms with Crippen LogP contribution in [0, 0.1) is 11.6 Å². The van der Waals surface area contributed by atoms with Crippen molar-refractivity contribution in [3.8, 4) is 0 Å². The maximum absolute atomic E-state index is 14.2. The molecule has 1 heterocycles. The van der Waals surface area contributed by atoms with Crippen LogP contribution in [0.5, 0.6) is 0 Å². The smallest absolute Gasteiger partial charge is 0.267 e. The van der Waals surface area contributed by atoms with Crippen LogP contribution in [0.2, 0.25) is 5.02 Å². The zero-order valence-corrected chi connectivity index (χ0v) is 17.1.